The third kappa shape index (κ3) is 3.96. The van der Waals surface area contributed by atoms with Crippen LogP contribution in [-0.2, 0) is 6.54 Å². The number of rotatable bonds is 6. The molecule has 122 valence electrons. The average Bonchev–Trinajstić information content (AvgIpc) is 2.54. The first-order valence-corrected chi connectivity index (χ1v) is 7.67. The molecule has 0 saturated heterocycles. The molecule has 0 amide bonds. The van der Waals surface area contributed by atoms with Crippen LogP contribution >= 0.6 is 0 Å². The Morgan fingerprint density at radius 2 is 2.05 bits per heavy atom. The van der Waals surface area contributed by atoms with Gasteiger partial charge in [0, 0.05) is 25.3 Å². The summed E-state index contributed by atoms with van der Waals surface area (Å²) in [5.74, 6) is 0.728. The van der Waals surface area contributed by atoms with E-state index in [0.29, 0.717) is 24.3 Å². The largest absolute Gasteiger partial charge is 0.490 e. The van der Waals surface area contributed by atoms with E-state index in [-0.39, 0.29) is 12.3 Å². The van der Waals surface area contributed by atoms with Gasteiger partial charge in [-0.3, -0.25) is 15.0 Å². The van der Waals surface area contributed by atoms with Gasteiger partial charge in [0.25, 0.3) is 0 Å². The third-order valence-corrected chi connectivity index (χ3v) is 4.57. The van der Waals surface area contributed by atoms with Crippen LogP contribution in [0.15, 0.2) is 18.2 Å². The van der Waals surface area contributed by atoms with Crippen LogP contribution in [0.3, 0.4) is 0 Å². The van der Waals surface area contributed by atoms with Crippen molar-refractivity contribution in [3.05, 3.63) is 33.9 Å². The first kappa shape index (κ1) is 16.7. The number of nitro benzene ring substituents is 1. The lowest BCUT2D eigenvalue weighted by Crippen LogP contribution is -2.35. The number of benzene rings is 1. The van der Waals surface area contributed by atoms with Crippen molar-refractivity contribution in [3.63, 3.8) is 0 Å². The molecule has 1 aliphatic carbocycles. The monoisotopic (exact) mass is 308 g/mol. The standard InChI is InChI=1S/C16H24N2O4/c1-17(14-6-3-12(11-19)4-7-14)10-13-5-8-16(22-2)15(9-13)18(20)21/h5,8-9,12,14,19H,3-4,6-7,10-11H2,1-2H3. The third-order valence-electron chi connectivity index (χ3n) is 4.57. The molecule has 1 N–H and O–H groups in total. The number of methoxy groups -OCH3 is 1. The second kappa shape index (κ2) is 7.56. The zero-order chi connectivity index (χ0) is 16.1. The fourth-order valence-electron chi connectivity index (χ4n) is 3.16. The Morgan fingerprint density at radius 3 is 2.59 bits per heavy atom. The number of aliphatic hydroxyl groups is 1. The summed E-state index contributed by atoms with van der Waals surface area (Å²) in [4.78, 5) is 12.9. The number of ether oxygens (including phenoxy) is 1. The Hall–Kier alpha value is -1.66. The Morgan fingerprint density at radius 1 is 1.36 bits per heavy atom. The number of aliphatic hydroxyl groups excluding tert-OH is 1. The number of hydrogen-bond donors (Lipinski definition) is 1. The highest BCUT2D eigenvalue weighted by Crippen LogP contribution is 2.30. The fraction of sp³-hybridized carbons (Fsp3) is 0.625. The van der Waals surface area contributed by atoms with E-state index in [0.717, 1.165) is 31.2 Å². The van der Waals surface area contributed by atoms with Crippen molar-refractivity contribution in [2.24, 2.45) is 5.92 Å². The zero-order valence-electron chi connectivity index (χ0n) is 13.2. The van der Waals surface area contributed by atoms with E-state index in [1.54, 1.807) is 12.1 Å². The first-order valence-electron chi connectivity index (χ1n) is 7.67. The molecule has 0 aliphatic heterocycles. The van der Waals surface area contributed by atoms with Crippen LogP contribution in [0.2, 0.25) is 0 Å². The second-order valence-corrected chi connectivity index (χ2v) is 6.04. The van der Waals surface area contributed by atoms with Gasteiger partial charge in [0.2, 0.25) is 0 Å². The minimum absolute atomic E-state index is 0.0115. The maximum absolute atomic E-state index is 11.1. The molecule has 0 spiro atoms. The lowest BCUT2D eigenvalue weighted by molar-refractivity contribution is -0.385. The second-order valence-electron chi connectivity index (χ2n) is 6.04. The molecule has 1 saturated carbocycles. The van der Waals surface area contributed by atoms with Crippen molar-refractivity contribution in [3.8, 4) is 5.75 Å². The van der Waals surface area contributed by atoms with E-state index in [2.05, 4.69) is 11.9 Å². The summed E-state index contributed by atoms with van der Waals surface area (Å²) < 4.78 is 5.03. The molecular formula is C16H24N2O4. The zero-order valence-corrected chi connectivity index (χ0v) is 13.2. The number of nitro groups is 1. The van der Waals surface area contributed by atoms with Crippen LogP contribution in [-0.4, -0.2) is 41.7 Å². The summed E-state index contributed by atoms with van der Waals surface area (Å²) in [5.41, 5.74) is 0.927. The maximum Gasteiger partial charge on any atom is 0.311 e. The van der Waals surface area contributed by atoms with Crippen LogP contribution in [0.1, 0.15) is 31.2 Å². The van der Waals surface area contributed by atoms with Crippen LogP contribution < -0.4 is 4.74 Å². The molecule has 0 heterocycles. The normalized spacial score (nSPS) is 21.8. The molecule has 1 aromatic carbocycles. The SMILES string of the molecule is COc1ccc(CN(C)C2CCC(CO)CC2)cc1[N+](=O)[O-]. The number of hydrogen-bond acceptors (Lipinski definition) is 5. The van der Waals surface area contributed by atoms with E-state index in [1.165, 1.54) is 7.11 Å². The molecule has 0 aromatic heterocycles. The van der Waals surface area contributed by atoms with Gasteiger partial charge in [0.1, 0.15) is 0 Å². The van der Waals surface area contributed by atoms with E-state index >= 15 is 0 Å². The molecule has 1 aromatic rings. The van der Waals surface area contributed by atoms with Crippen molar-refractivity contribution >= 4 is 5.69 Å². The Balaban J connectivity index is 2.01. The highest BCUT2D eigenvalue weighted by molar-refractivity contribution is 5.48. The molecule has 2 rings (SSSR count). The van der Waals surface area contributed by atoms with Crippen LogP contribution in [0.5, 0.6) is 5.75 Å². The minimum atomic E-state index is -0.408. The first-order chi connectivity index (χ1) is 10.5. The Kier molecular flexibility index (Phi) is 5.74. The summed E-state index contributed by atoms with van der Waals surface area (Å²) in [6.45, 7) is 0.959. The van der Waals surface area contributed by atoms with Gasteiger partial charge in [-0.1, -0.05) is 6.07 Å². The van der Waals surface area contributed by atoms with Gasteiger partial charge in [0.05, 0.1) is 12.0 Å². The van der Waals surface area contributed by atoms with Crippen molar-refractivity contribution < 1.29 is 14.8 Å². The van der Waals surface area contributed by atoms with Crippen LogP contribution in [0.4, 0.5) is 5.69 Å². The number of nitrogens with zero attached hydrogens (tertiary/aromatic N) is 2. The average molecular weight is 308 g/mol. The van der Waals surface area contributed by atoms with Gasteiger partial charge in [-0.15, -0.1) is 0 Å². The molecular weight excluding hydrogens is 284 g/mol. The molecule has 6 heteroatoms. The predicted octanol–water partition coefficient (Wildman–Crippen LogP) is 2.59. The topological polar surface area (TPSA) is 75.8 Å². The molecule has 1 aliphatic rings. The van der Waals surface area contributed by atoms with Gasteiger partial charge < -0.3 is 9.84 Å². The highest BCUT2D eigenvalue weighted by atomic mass is 16.6. The predicted molar refractivity (Wildman–Crippen MR) is 83.9 cm³/mol. The summed E-state index contributed by atoms with van der Waals surface area (Å²) in [6.07, 6.45) is 4.24. The molecule has 0 bridgehead atoms. The smallest absolute Gasteiger partial charge is 0.311 e. The maximum atomic E-state index is 11.1. The molecule has 1 fully saturated rings. The Labute approximate surface area is 130 Å². The lowest BCUT2D eigenvalue weighted by atomic mass is 9.86. The van der Waals surface area contributed by atoms with Crippen molar-refractivity contribution in [2.45, 2.75) is 38.3 Å². The molecule has 22 heavy (non-hydrogen) atoms. The summed E-state index contributed by atoms with van der Waals surface area (Å²) in [7, 11) is 3.49. The molecule has 0 unspecified atom stereocenters. The highest BCUT2D eigenvalue weighted by Gasteiger charge is 2.24. The van der Waals surface area contributed by atoms with Crippen molar-refractivity contribution in [1.29, 1.82) is 0 Å². The van der Waals surface area contributed by atoms with Crippen molar-refractivity contribution in [2.75, 3.05) is 20.8 Å². The van der Waals surface area contributed by atoms with Gasteiger partial charge in [-0.25, -0.2) is 0 Å². The van der Waals surface area contributed by atoms with Crippen LogP contribution in [0.25, 0.3) is 0 Å². The van der Waals surface area contributed by atoms with Gasteiger partial charge in [-0.2, -0.15) is 0 Å². The van der Waals surface area contributed by atoms with E-state index in [4.69, 9.17) is 4.74 Å². The van der Waals surface area contributed by atoms with E-state index < -0.39 is 4.92 Å². The van der Waals surface area contributed by atoms with E-state index in [1.807, 2.05) is 6.07 Å². The Bertz CT molecular complexity index is 513. The van der Waals surface area contributed by atoms with E-state index in [9.17, 15) is 15.2 Å². The quantitative estimate of drug-likeness (QED) is 0.645. The lowest BCUT2D eigenvalue weighted by Gasteiger charge is -2.34. The minimum Gasteiger partial charge on any atom is -0.490 e. The van der Waals surface area contributed by atoms with Gasteiger partial charge in [-0.05, 0) is 50.3 Å². The molecule has 0 radical (unpaired) electrons. The summed E-state index contributed by atoms with van der Waals surface area (Å²) >= 11 is 0. The van der Waals surface area contributed by atoms with Crippen LogP contribution in [0, 0.1) is 16.0 Å². The van der Waals surface area contributed by atoms with Gasteiger partial charge in [0.15, 0.2) is 5.75 Å². The van der Waals surface area contributed by atoms with Gasteiger partial charge >= 0.3 is 5.69 Å². The van der Waals surface area contributed by atoms with Crippen molar-refractivity contribution in [1.82, 2.24) is 4.90 Å². The summed E-state index contributed by atoms with van der Waals surface area (Å²) in [5, 5.41) is 20.3. The molecule has 6 nitrogen and oxygen atoms in total. The molecule has 0 atom stereocenters. The fourth-order valence-corrected chi connectivity index (χ4v) is 3.16. The summed E-state index contributed by atoms with van der Waals surface area (Å²) in [6, 6.07) is 5.60.